The smallest absolute Gasteiger partial charge is 0.335 e. The van der Waals surface area contributed by atoms with Gasteiger partial charge in [0.15, 0.2) is 5.84 Å². The van der Waals surface area contributed by atoms with Crippen LogP contribution in [0, 0.1) is 17.3 Å². The number of carbonyl (C=O) groups excluding carboxylic acids is 1. The van der Waals surface area contributed by atoms with Crippen molar-refractivity contribution in [1.82, 2.24) is 9.80 Å². The van der Waals surface area contributed by atoms with Crippen molar-refractivity contribution in [3.63, 3.8) is 0 Å². The first kappa shape index (κ1) is 25.3. The first-order valence-corrected chi connectivity index (χ1v) is 12.3. The molecule has 1 aromatic rings. The van der Waals surface area contributed by atoms with E-state index in [0.717, 1.165) is 44.1 Å². The second-order valence-corrected chi connectivity index (χ2v) is 11.5. The number of amidine groups is 1. The number of carboxylic acid groups (broad SMARTS) is 1. The van der Waals surface area contributed by atoms with E-state index in [1.165, 1.54) is 0 Å². The van der Waals surface area contributed by atoms with E-state index in [1.807, 2.05) is 31.1 Å². The van der Waals surface area contributed by atoms with Gasteiger partial charge in [-0.05, 0) is 73.5 Å². The minimum absolute atomic E-state index is 0.00900. The summed E-state index contributed by atoms with van der Waals surface area (Å²) in [4.78, 5) is 34.2. The summed E-state index contributed by atoms with van der Waals surface area (Å²) in [5.74, 6) is 0.701. The van der Waals surface area contributed by atoms with Crippen LogP contribution < -0.4 is 0 Å². The van der Waals surface area contributed by atoms with Crippen molar-refractivity contribution >= 4 is 17.7 Å². The molecule has 0 aromatic heterocycles. The second-order valence-electron chi connectivity index (χ2n) is 11.5. The Bertz CT molecular complexity index is 888. The van der Waals surface area contributed by atoms with Crippen LogP contribution in [0.2, 0.25) is 0 Å². The molecular formula is C27H41N3O3. The SMILES string of the molecule is CC(C)CCC(c1ccc(C(=O)O)cc1)N1C(=O)C(N(C)C)=NC12CCC(C(C)(C)C)CC2. The normalized spacial score (nSPS) is 24.4. The van der Waals surface area contributed by atoms with Crippen LogP contribution in [-0.2, 0) is 4.79 Å². The Morgan fingerprint density at radius 3 is 2.18 bits per heavy atom. The van der Waals surface area contributed by atoms with E-state index in [0.29, 0.717) is 17.7 Å². The first-order chi connectivity index (χ1) is 15.4. The average molecular weight is 456 g/mol. The van der Waals surface area contributed by atoms with Gasteiger partial charge in [-0.3, -0.25) is 4.79 Å². The van der Waals surface area contributed by atoms with Crippen molar-refractivity contribution in [2.75, 3.05) is 14.1 Å². The van der Waals surface area contributed by atoms with Crippen LogP contribution in [0.3, 0.4) is 0 Å². The number of benzene rings is 1. The zero-order valence-corrected chi connectivity index (χ0v) is 21.4. The number of aromatic carboxylic acids is 1. The summed E-state index contributed by atoms with van der Waals surface area (Å²) in [6.45, 7) is 11.3. The Kier molecular flexibility index (Phi) is 7.25. The molecule has 1 N–H and O–H groups in total. The maximum Gasteiger partial charge on any atom is 0.335 e. The van der Waals surface area contributed by atoms with Crippen LogP contribution in [0.15, 0.2) is 29.3 Å². The molecule has 1 spiro atoms. The summed E-state index contributed by atoms with van der Waals surface area (Å²) in [5, 5.41) is 9.34. The predicted molar refractivity (Wildman–Crippen MR) is 132 cm³/mol. The van der Waals surface area contributed by atoms with Crippen LogP contribution in [0.4, 0.5) is 0 Å². The highest BCUT2D eigenvalue weighted by atomic mass is 16.4. The van der Waals surface area contributed by atoms with E-state index >= 15 is 0 Å². The maximum absolute atomic E-state index is 13.8. The Morgan fingerprint density at radius 1 is 1.15 bits per heavy atom. The topological polar surface area (TPSA) is 73.2 Å². The molecule has 33 heavy (non-hydrogen) atoms. The second kappa shape index (κ2) is 9.47. The van der Waals surface area contributed by atoms with E-state index in [1.54, 1.807) is 12.1 Å². The van der Waals surface area contributed by atoms with E-state index in [-0.39, 0.29) is 22.9 Å². The third-order valence-corrected chi connectivity index (χ3v) is 7.48. The summed E-state index contributed by atoms with van der Waals surface area (Å²) in [5.41, 5.74) is 0.972. The van der Waals surface area contributed by atoms with Gasteiger partial charge >= 0.3 is 5.97 Å². The largest absolute Gasteiger partial charge is 0.478 e. The van der Waals surface area contributed by atoms with E-state index in [4.69, 9.17) is 4.99 Å². The quantitative estimate of drug-likeness (QED) is 0.606. The number of amides is 1. The summed E-state index contributed by atoms with van der Waals surface area (Å²) < 4.78 is 0. The molecule has 1 atom stereocenters. The van der Waals surface area contributed by atoms with E-state index in [9.17, 15) is 14.7 Å². The van der Waals surface area contributed by atoms with Gasteiger partial charge in [0.2, 0.25) is 0 Å². The molecule has 0 radical (unpaired) electrons. The lowest BCUT2D eigenvalue weighted by Crippen LogP contribution is -2.52. The number of carboxylic acids is 1. The molecule has 0 saturated heterocycles. The number of likely N-dealkylation sites (N-methyl/N-ethyl adjacent to an activating group) is 1. The fourth-order valence-corrected chi connectivity index (χ4v) is 5.40. The molecule has 3 rings (SSSR count). The lowest BCUT2D eigenvalue weighted by Gasteiger charge is -2.47. The van der Waals surface area contributed by atoms with Gasteiger partial charge in [-0.2, -0.15) is 0 Å². The maximum atomic E-state index is 13.8. The molecule has 1 heterocycles. The summed E-state index contributed by atoms with van der Waals surface area (Å²) in [6.07, 6.45) is 5.63. The summed E-state index contributed by atoms with van der Waals surface area (Å²) in [6, 6.07) is 6.93. The molecule has 1 aliphatic carbocycles. The number of nitrogens with zero attached hydrogens (tertiary/aromatic N) is 3. The van der Waals surface area contributed by atoms with Crippen LogP contribution in [-0.4, -0.2) is 52.4 Å². The fourth-order valence-electron chi connectivity index (χ4n) is 5.40. The van der Waals surface area contributed by atoms with E-state index in [2.05, 4.69) is 39.5 Å². The molecule has 1 unspecified atom stereocenters. The molecule has 0 bridgehead atoms. The van der Waals surface area contributed by atoms with Crippen LogP contribution in [0.25, 0.3) is 0 Å². The van der Waals surface area contributed by atoms with Gasteiger partial charge in [-0.15, -0.1) is 0 Å². The highest BCUT2D eigenvalue weighted by molar-refractivity contribution is 6.39. The van der Waals surface area contributed by atoms with Crippen LogP contribution >= 0.6 is 0 Å². The van der Waals surface area contributed by atoms with Crippen molar-refractivity contribution in [2.24, 2.45) is 22.2 Å². The van der Waals surface area contributed by atoms with E-state index < -0.39 is 11.6 Å². The Morgan fingerprint density at radius 2 is 1.73 bits per heavy atom. The van der Waals surface area contributed by atoms with Crippen molar-refractivity contribution in [3.05, 3.63) is 35.4 Å². The Balaban J connectivity index is 2.02. The Labute approximate surface area is 199 Å². The van der Waals surface area contributed by atoms with Crippen LogP contribution in [0.5, 0.6) is 0 Å². The van der Waals surface area contributed by atoms with Crippen molar-refractivity contribution in [3.8, 4) is 0 Å². The molecule has 6 nitrogen and oxygen atoms in total. The minimum Gasteiger partial charge on any atom is -0.478 e. The molecule has 1 amide bonds. The van der Waals surface area contributed by atoms with Gasteiger partial charge in [0.25, 0.3) is 5.91 Å². The molecule has 2 aliphatic rings. The molecule has 182 valence electrons. The molecule has 1 saturated carbocycles. The zero-order chi connectivity index (χ0) is 24.6. The lowest BCUT2D eigenvalue weighted by molar-refractivity contribution is -0.134. The molecule has 1 fully saturated rings. The van der Waals surface area contributed by atoms with Crippen molar-refractivity contribution in [1.29, 1.82) is 0 Å². The number of rotatable bonds is 6. The van der Waals surface area contributed by atoms with Gasteiger partial charge in [0.1, 0.15) is 5.66 Å². The standard InChI is InChI=1S/C27H41N3O3/c1-18(2)8-13-22(19-9-11-20(12-10-19)25(32)33)30-24(31)23(29(6)7)28-27(30)16-14-21(15-17-27)26(3,4)5/h9-12,18,21-22H,8,13-17H2,1-7H3,(H,32,33). The zero-order valence-electron chi connectivity index (χ0n) is 21.4. The van der Waals surface area contributed by atoms with Gasteiger partial charge in [0, 0.05) is 14.1 Å². The first-order valence-electron chi connectivity index (χ1n) is 12.3. The summed E-state index contributed by atoms with van der Waals surface area (Å²) in [7, 11) is 3.78. The van der Waals surface area contributed by atoms with Crippen molar-refractivity contribution < 1.29 is 14.7 Å². The van der Waals surface area contributed by atoms with Gasteiger partial charge in [-0.1, -0.05) is 46.8 Å². The molecule has 1 aliphatic heterocycles. The minimum atomic E-state index is -0.937. The highest BCUT2D eigenvalue weighted by Crippen LogP contribution is 2.49. The van der Waals surface area contributed by atoms with Crippen LogP contribution in [0.1, 0.15) is 95.1 Å². The fraction of sp³-hybridized carbons (Fsp3) is 0.667. The van der Waals surface area contributed by atoms with Gasteiger partial charge in [-0.25, -0.2) is 9.79 Å². The number of carbonyl (C=O) groups is 2. The summed E-state index contributed by atoms with van der Waals surface area (Å²) >= 11 is 0. The number of hydrogen-bond acceptors (Lipinski definition) is 4. The predicted octanol–water partition coefficient (Wildman–Crippen LogP) is 5.60. The molecule has 6 heteroatoms. The molecule has 1 aromatic carbocycles. The van der Waals surface area contributed by atoms with Gasteiger partial charge in [0.05, 0.1) is 11.6 Å². The van der Waals surface area contributed by atoms with Crippen molar-refractivity contribution in [2.45, 2.75) is 84.8 Å². The molecular weight excluding hydrogens is 414 g/mol. The lowest BCUT2D eigenvalue weighted by atomic mass is 9.69. The van der Waals surface area contributed by atoms with Gasteiger partial charge < -0.3 is 14.9 Å². The third kappa shape index (κ3) is 5.25. The third-order valence-electron chi connectivity index (χ3n) is 7.48. The monoisotopic (exact) mass is 455 g/mol. The Hall–Kier alpha value is -2.37. The number of aliphatic imine (C=N–C) groups is 1. The highest BCUT2D eigenvalue weighted by Gasteiger charge is 2.53. The number of hydrogen-bond donors (Lipinski definition) is 1. The average Bonchev–Trinajstić information content (AvgIpc) is 3.00.